The van der Waals surface area contributed by atoms with Crippen molar-refractivity contribution in [3.05, 3.63) is 102 Å². The first kappa shape index (κ1) is 23.3. The number of nitrogens with zero attached hydrogens (tertiary/aromatic N) is 3. The van der Waals surface area contributed by atoms with Crippen molar-refractivity contribution in [1.29, 1.82) is 0 Å². The lowest BCUT2D eigenvalue weighted by molar-refractivity contribution is -0.120. The number of para-hydroxylation sites is 1. The quantitative estimate of drug-likeness (QED) is 0.249. The van der Waals surface area contributed by atoms with Gasteiger partial charge in [-0.05, 0) is 46.0 Å². The molecule has 0 radical (unpaired) electrons. The number of ether oxygens (including phenoxy) is 1. The van der Waals surface area contributed by atoms with E-state index in [9.17, 15) is 9.90 Å². The van der Waals surface area contributed by atoms with Gasteiger partial charge in [-0.2, -0.15) is 0 Å². The minimum absolute atomic E-state index is 0.0362. The van der Waals surface area contributed by atoms with Crippen LogP contribution in [0.15, 0.2) is 101 Å². The number of fused-ring (bicyclic) bond motifs is 2. The third kappa shape index (κ3) is 4.70. The molecule has 1 amide bonds. The van der Waals surface area contributed by atoms with Crippen LogP contribution in [0.1, 0.15) is 30.9 Å². The fourth-order valence-corrected chi connectivity index (χ4v) is 4.36. The zero-order valence-electron chi connectivity index (χ0n) is 20.3. The van der Waals surface area contributed by atoms with E-state index in [-0.39, 0.29) is 18.2 Å². The number of hydrogen-bond donors (Lipinski definition) is 1. The zero-order chi connectivity index (χ0) is 25.1. The van der Waals surface area contributed by atoms with Crippen molar-refractivity contribution < 1.29 is 14.6 Å². The van der Waals surface area contributed by atoms with E-state index < -0.39 is 5.91 Å². The van der Waals surface area contributed by atoms with Gasteiger partial charge in [0.2, 0.25) is 5.88 Å². The number of benzene rings is 4. The van der Waals surface area contributed by atoms with E-state index in [0.29, 0.717) is 18.2 Å². The summed E-state index contributed by atoms with van der Waals surface area (Å²) in [5.41, 5.74) is 3.34. The number of amides is 1. The second-order valence-electron chi connectivity index (χ2n) is 9.02. The van der Waals surface area contributed by atoms with Crippen molar-refractivity contribution in [2.45, 2.75) is 26.3 Å². The molecule has 1 N–H and O–H groups in total. The largest absolute Gasteiger partial charge is 0.493 e. The number of carbonyl (C=O) groups is 1. The zero-order valence-corrected chi connectivity index (χ0v) is 20.3. The molecular weight excluding hydrogens is 450 g/mol. The Labute approximate surface area is 209 Å². The van der Waals surface area contributed by atoms with Gasteiger partial charge >= 0.3 is 5.91 Å². The predicted octanol–water partition coefficient (Wildman–Crippen LogP) is 7.36. The van der Waals surface area contributed by atoms with Gasteiger partial charge in [-0.3, -0.25) is 4.79 Å². The molecule has 0 unspecified atom stereocenters. The highest BCUT2D eigenvalue weighted by Crippen LogP contribution is 2.39. The van der Waals surface area contributed by atoms with Crippen LogP contribution >= 0.6 is 0 Å². The van der Waals surface area contributed by atoms with E-state index in [1.54, 1.807) is 4.57 Å². The highest BCUT2D eigenvalue weighted by atomic mass is 16.5. The third-order valence-corrected chi connectivity index (χ3v) is 6.30. The first-order valence-electron chi connectivity index (χ1n) is 12.0. The molecule has 0 fully saturated rings. The summed E-state index contributed by atoms with van der Waals surface area (Å²) in [6.07, 6.45) is 0. The Balaban J connectivity index is 1.38. The molecule has 6 heteroatoms. The minimum Gasteiger partial charge on any atom is -0.493 e. The Morgan fingerprint density at radius 1 is 0.889 bits per heavy atom. The number of azo groups is 1. The summed E-state index contributed by atoms with van der Waals surface area (Å²) in [4.78, 5) is 12.4. The average Bonchev–Trinajstić information content (AvgIpc) is 3.17. The lowest BCUT2D eigenvalue weighted by Gasteiger charge is -2.10. The Bertz CT molecular complexity index is 1560. The number of hydrogen-bond acceptors (Lipinski definition) is 4. The summed E-state index contributed by atoms with van der Waals surface area (Å²) in [5, 5.41) is 22.0. The van der Waals surface area contributed by atoms with Crippen molar-refractivity contribution >= 4 is 33.3 Å². The van der Waals surface area contributed by atoms with Crippen molar-refractivity contribution in [3.63, 3.8) is 0 Å². The number of carbonyl (C=O) groups excluding carboxylic acids is 1. The molecule has 36 heavy (non-hydrogen) atoms. The van der Waals surface area contributed by atoms with E-state index in [4.69, 9.17) is 4.74 Å². The van der Waals surface area contributed by atoms with Gasteiger partial charge in [0.05, 0.1) is 12.1 Å². The molecule has 1 aromatic heterocycles. The highest BCUT2D eigenvalue weighted by molar-refractivity contribution is 5.95. The van der Waals surface area contributed by atoms with Crippen LogP contribution in [-0.4, -0.2) is 22.2 Å². The molecular formula is C30H27N3O3. The molecule has 5 aromatic rings. The fraction of sp³-hybridized carbons (Fsp3) is 0.167. The monoisotopic (exact) mass is 477 g/mol. The maximum atomic E-state index is 12.4. The van der Waals surface area contributed by atoms with Crippen LogP contribution in [0, 0.1) is 0 Å². The average molecular weight is 478 g/mol. The smallest absolute Gasteiger partial charge is 0.302 e. The molecule has 0 spiro atoms. The summed E-state index contributed by atoms with van der Waals surface area (Å²) >= 11 is 0. The van der Waals surface area contributed by atoms with Gasteiger partial charge in [-0.25, -0.2) is 0 Å². The molecule has 0 atom stereocenters. The second kappa shape index (κ2) is 10.0. The van der Waals surface area contributed by atoms with Gasteiger partial charge in [-0.1, -0.05) is 86.6 Å². The standard InChI is InChI=1S/C30H27N3O3/c1-20(2)21-14-16-24(17-15-21)36-19-28(34)31-32-29-26-12-5-6-13-27(26)33(30(29)35)18-23-10-7-9-22-8-3-4-11-25(22)23/h3-17,20,35H,18-19H2,1-2H3. The number of aromatic hydroxyl groups is 1. The molecule has 1 heterocycles. The molecule has 0 bridgehead atoms. The molecule has 5 rings (SSSR count). The van der Waals surface area contributed by atoms with Crippen LogP contribution in [0.4, 0.5) is 5.69 Å². The van der Waals surface area contributed by atoms with Crippen LogP contribution in [0.25, 0.3) is 21.7 Å². The molecule has 0 saturated carbocycles. The van der Waals surface area contributed by atoms with Crippen LogP contribution < -0.4 is 4.74 Å². The Morgan fingerprint density at radius 2 is 1.58 bits per heavy atom. The van der Waals surface area contributed by atoms with E-state index in [1.807, 2.05) is 72.8 Å². The number of aromatic nitrogens is 1. The van der Waals surface area contributed by atoms with E-state index >= 15 is 0 Å². The highest BCUT2D eigenvalue weighted by Gasteiger charge is 2.18. The maximum Gasteiger partial charge on any atom is 0.302 e. The van der Waals surface area contributed by atoms with Crippen molar-refractivity contribution in [2.75, 3.05) is 6.61 Å². The summed E-state index contributed by atoms with van der Waals surface area (Å²) in [6.45, 7) is 4.45. The molecule has 0 aliphatic rings. The van der Waals surface area contributed by atoms with Crippen molar-refractivity contribution in [3.8, 4) is 11.6 Å². The molecule has 0 aliphatic carbocycles. The van der Waals surface area contributed by atoms with Gasteiger partial charge in [0.1, 0.15) is 5.75 Å². The topological polar surface area (TPSA) is 76.2 Å². The van der Waals surface area contributed by atoms with E-state index in [1.165, 1.54) is 5.56 Å². The second-order valence-corrected chi connectivity index (χ2v) is 9.02. The number of rotatable bonds is 7. The molecule has 6 nitrogen and oxygen atoms in total. The van der Waals surface area contributed by atoms with E-state index in [0.717, 1.165) is 27.2 Å². The molecule has 4 aromatic carbocycles. The molecule has 0 aliphatic heterocycles. The third-order valence-electron chi connectivity index (χ3n) is 6.30. The Hall–Kier alpha value is -4.45. The van der Waals surface area contributed by atoms with Crippen LogP contribution in [-0.2, 0) is 11.3 Å². The van der Waals surface area contributed by atoms with Crippen LogP contribution in [0.2, 0.25) is 0 Å². The van der Waals surface area contributed by atoms with Gasteiger partial charge in [-0.15, -0.1) is 10.2 Å². The van der Waals surface area contributed by atoms with Crippen molar-refractivity contribution in [2.24, 2.45) is 10.2 Å². The molecule has 180 valence electrons. The van der Waals surface area contributed by atoms with Gasteiger partial charge in [0.15, 0.2) is 12.3 Å². The SMILES string of the molecule is CC(C)c1ccc(OCC(=O)N=Nc2c(O)n(Cc3cccc4ccccc34)c3ccccc23)cc1. The lowest BCUT2D eigenvalue weighted by Crippen LogP contribution is -2.07. The van der Waals surface area contributed by atoms with E-state index in [2.05, 4.69) is 42.3 Å². The van der Waals surface area contributed by atoms with Crippen LogP contribution in [0.3, 0.4) is 0 Å². The normalized spacial score (nSPS) is 11.6. The first-order valence-corrected chi connectivity index (χ1v) is 12.0. The summed E-state index contributed by atoms with van der Waals surface area (Å²) in [6, 6.07) is 29.5. The fourth-order valence-electron chi connectivity index (χ4n) is 4.36. The van der Waals surface area contributed by atoms with Gasteiger partial charge in [0, 0.05) is 5.39 Å². The first-order chi connectivity index (χ1) is 17.5. The summed E-state index contributed by atoms with van der Waals surface area (Å²) in [7, 11) is 0. The van der Waals surface area contributed by atoms with Gasteiger partial charge < -0.3 is 14.4 Å². The maximum absolute atomic E-state index is 12.4. The molecule has 0 saturated heterocycles. The van der Waals surface area contributed by atoms with Gasteiger partial charge in [0.25, 0.3) is 0 Å². The van der Waals surface area contributed by atoms with Crippen LogP contribution in [0.5, 0.6) is 11.6 Å². The predicted molar refractivity (Wildman–Crippen MR) is 142 cm³/mol. The Kier molecular flexibility index (Phi) is 6.50. The van der Waals surface area contributed by atoms with Crippen molar-refractivity contribution in [1.82, 2.24) is 4.57 Å². The summed E-state index contributed by atoms with van der Waals surface area (Å²) < 4.78 is 7.36. The Morgan fingerprint density at radius 3 is 2.36 bits per heavy atom. The summed E-state index contributed by atoms with van der Waals surface area (Å²) in [5.74, 6) is 0.446. The minimum atomic E-state index is -0.534. The lowest BCUT2D eigenvalue weighted by atomic mass is 10.0.